The first-order valence-corrected chi connectivity index (χ1v) is 6.51. The predicted molar refractivity (Wildman–Crippen MR) is 77.2 cm³/mol. The van der Waals surface area contributed by atoms with Gasteiger partial charge in [-0.15, -0.1) is 0 Å². The normalized spacial score (nSPS) is 12.2. The smallest absolute Gasteiger partial charge is 0.163 e. The zero-order valence-electron chi connectivity index (χ0n) is 13.0. The highest BCUT2D eigenvalue weighted by Gasteiger charge is 2.19. The third-order valence-corrected chi connectivity index (χ3v) is 2.17. The van der Waals surface area contributed by atoms with Gasteiger partial charge in [0.05, 0.1) is 5.56 Å². The summed E-state index contributed by atoms with van der Waals surface area (Å²) < 4.78 is 11.6. The van der Waals surface area contributed by atoms with Crippen molar-refractivity contribution in [3.63, 3.8) is 0 Å². The van der Waals surface area contributed by atoms with Crippen molar-refractivity contribution >= 4 is 5.78 Å². The zero-order chi connectivity index (χ0) is 14.8. The maximum absolute atomic E-state index is 11.6. The van der Waals surface area contributed by atoms with Crippen molar-refractivity contribution in [3.8, 4) is 11.5 Å². The number of carbonyl (C=O) groups is 1. The van der Waals surface area contributed by atoms with E-state index in [4.69, 9.17) is 9.47 Å². The van der Waals surface area contributed by atoms with E-state index < -0.39 is 0 Å². The minimum Gasteiger partial charge on any atom is -0.488 e. The molecule has 0 fully saturated rings. The van der Waals surface area contributed by atoms with Gasteiger partial charge in [-0.1, -0.05) is 0 Å². The van der Waals surface area contributed by atoms with E-state index >= 15 is 0 Å². The molecule has 0 amide bonds. The first-order chi connectivity index (χ1) is 8.48. The average Bonchev–Trinajstić information content (AvgIpc) is 2.11. The molecule has 1 aromatic carbocycles. The van der Waals surface area contributed by atoms with Crippen LogP contribution in [-0.4, -0.2) is 17.0 Å². The van der Waals surface area contributed by atoms with Gasteiger partial charge in [-0.25, -0.2) is 0 Å². The molecule has 0 spiro atoms. The summed E-state index contributed by atoms with van der Waals surface area (Å²) in [7, 11) is 0. The van der Waals surface area contributed by atoms with Gasteiger partial charge in [0.1, 0.15) is 22.7 Å². The van der Waals surface area contributed by atoms with Gasteiger partial charge in [-0.3, -0.25) is 4.79 Å². The Balaban J connectivity index is 3.15. The lowest BCUT2D eigenvalue weighted by Gasteiger charge is -2.25. The lowest BCUT2D eigenvalue weighted by molar-refractivity contribution is 0.0987. The van der Waals surface area contributed by atoms with Crippen LogP contribution in [0, 0.1) is 0 Å². The molecule has 0 aliphatic heterocycles. The second kappa shape index (κ2) is 5.24. The summed E-state index contributed by atoms with van der Waals surface area (Å²) in [4.78, 5) is 11.6. The largest absolute Gasteiger partial charge is 0.488 e. The van der Waals surface area contributed by atoms with E-state index in [1.165, 1.54) is 6.92 Å². The zero-order valence-corrected chi connectivity index (χ0v) is 13.0. The van der Waals surface area contributed by atoms with Crippen LogP contribution in [-0.2, 0) is 0 Å². The fourth-order valence-corrected chi connectivity index (χ4v) is 1.62. The molecule has 0 saturated carbocycles. The summed E-state index contributed by atoms with van der Waals surface area (Å²) in [6, 6.07) is 5.34. The molecule has 0 radical (unpaired) electrons. The van der Waals surface area contributed by atoms with Crippen LogP contribution in [0.1, 0.15) is 58.8 Å². The lowest BCUT2D eigenvalue weighted by Crippen LogP contribution is -2.25. The van der Waals surface area contributed by atoms with Crippen molar-refractivity contribution < 1.29 is 14.3 Å². The van der Waals surface area contributed by atoms with E-state index in [-0.39, 0.29) is 17.0 Å². The lowest BCUT2D eigenvalue weighted by atomic mass is 10.1. The third kappa shape index (κ3) is 5.33. The van der Waals surface area contributed by atoms with Gasteiger partial charge < -0.3 is 9.47 Å². The van der Waals surface area contributed by atoms with E-state index in [0.29, 0.717) is 17.1 Å². The van der Waals surface area contributed by atoms with Crippen LogP contribution >= 0.6 is 0 Å². The number of hydrogen-bond donors (Lipinski definition) is 0. The van der Waals surface area contributed by atoms with Crippen LogP contribution in [0.15, 0.2) is 18.2 Å². The molecule has 1 aromatic rings. The van der Waals surface area contributed by atoms with E-state index in [1.807, 2.05) is 41.5 Å². The summed E-state index contributed by atoms with van der Waals surface area (Å²) in [5.74, 6) is 1.26. The van der Waals surface area contributed by atoms with Crippen molar-refractivity contribution in [3.05, 3.63) is 23.8 Å². The van der Waals surface area contributed by atoms with E-state index in [9.17, 15) is 4.79 Å². The number of Topliss-reactive ketones (excluding diaryl/α,β-unsaturated/α-hetero) is 1. The fourth-order valence-electron chi connectivity index (χ4n) is 1.62. The molecule has 0 saturated heterocycles. The summed E-state index contributed by atoms with van der Waals surface area (Å²) in [6.07, 6.45) is 0. The van der Waals surface area contributed by atoms with Gasteiger partial charge in [-0.05, 0) is 60.6 Å². The summed E-state index contributed by atoms with van der Waals surface area (Å²) >= 11 is 0. The van der Waals surface area contributed by atoms with Crippen molar-refractivity contribution in [1.29, 1.82) is 0 Å². The Kier molecular flexibility index (Phi) is 4.28. The van der Waals surface area contributed by atoms with Crippen LogP contribution in [0.4, 0.5) is 0 Å². The van der Waals surface area contributed by atoms with Crippen LogP contribution in [0.2, 0.25) is 0 Å². The molecule has 3 nitrogen and oxygen atoms in total. The minimum absolute atomic E-state index is 0.0124. The highest BCUT2D eigenvalue weighted by molar-refractivity contribution is 5.97. The SMILES string of the molecule is CC(=O)c1ccc(OC(C)(C)C)cc1OC(C)(C)C. The Morgan fingerprint density at radius 3 is 1.89 bits per heavy atom. The number of carbonyl (C=O) groups excluding carboxylic acids is 1. The number of ketones is 1. The van der Waals surface area contributed by atoms with Crippen molar-refractivity contribution in [1.82, 2.24) is 0 Å². The van der Waals surface area contributed by atoms with E-state index in [2.05, 4.69) is 0 Å². The van der Waals surface area contributed by atoms with Gasteiger partial charge >= 0.3 is 0 Å². The molecule has 1 rings (SSSR count). The van der Waals surface area contributed by atoms with Gasteiger partial charge in [0, 0.05) is 6.07 Å². The second-order valence-corrected chi connectivity index (χ2v) is 6.64. The monoisotopic (exact) mass is 264 g/mol. The molecule has 3 heteroatoms. The Bertz CT molecular complexity index is 462. The van der Waals surface area contributed by atoms with E-state index in [0.717, 1.165) is 0 Å². The highest BCUT2D eigenvalue weighted by atomic mass is 16.5. The van der Waals surface area contributed by atoms with Crippen molar-refractivity contribution in [2.24, 2.45) is 0 Å². The standard InChI is InChI=1S/C16H24O3/c1-11(17)13-9-8-12(18-15(2,3)4)10-14(13)19-16(5,6)7/h8-10H,1-7H3. The number of ether oxygens (including phenoxy) is 2. The second-order valence-electron chi connectivity index (χ2n) is 6.64. The van der Waals surface area contributed by atoms with Gasteiger partial charge in [0.2, 0.25) is 0 Å². The number of benzene rings is 1. The quantitative estimate of drug-likeness (QED) is 0.766. The van der Waals surface area contributed by atoms with Crippen molar-refractivity contribution in [2.45, 2.75) is 59.7 Å². The van der Waals surface area contributed by atoms with Gasteiger partial charge in [-0.2, -0.15) is 0 Å². The molecule has 0 bridgehead atoms. The maximum Gasteiger partial charge on any atom is 0.163 e. The number of rotatable bonds is 3. The predicted octanol–water partition coefficient (Wildman–Crippen LogP) is 4.24. The van der Waals surface area contributed by atoms with Crippen LogP contribution in [0.25, 0.3) is 0 Å². The Labute approximate surface area is 115 Å². The van der Waals surface area contributed by atoms with E-state index in [1.54, 1.807) is 18.2 Å². The molecular weight excluding hydrogens is 240 g/mol. The molecule has 19 heavy (non-hydrogen) atoms. The Hall–Kier alpha value is -1.51. The number of hydrogen-bond acceptors (Lipinski definition) is 3. The minimum atomic E-state index is -0.357. The first-order valence-electron chi connectivity index (χ1n) is 6.51. The summed E-state index contributed by atoms with van der Waals surface area (Å²) in [6.45, 7) is 13.3. The molecule has 0 N–H and O–H groups in total. The van der Waals surface area contributed by atoms with Crippen LogP contribution < -0.4 is 9.47 Å². The molecule has 0 aliphatic rings. The molecule has 0 aromatic heterocycles. The molecule has 0 unspecified atom stereocenters. The molecular formula is C16H24O3. The first kappa shape index (κ1) is 15.5. The average molecular weight is 264 g/mol. The summed E-state index contributed by atoms with van der Waals surface area (Å²) in [5.41, 5.74) is -0.0578. The Morgan fingerprint density at radius 1 is 0.947 bits per heavy atom. The summed E-state index contributed by atoms with van der Waals surface area (Å²) in [5, 5.41) is 0. The molecule has 0 aliphatic carbocycles. The topological polar surface area (TPSA) is 35.5 Å². The molecule has 106 valence electrons. The van der Waals surface area contributed by atoms with Gasteiger partial charge in [0.25, 0.3) is 0 Å². The van der Waals surface area contributed by atoms with Crippen LogP contribution in [0.5, 0.6) is 11.5 Å². The highest BCUT2D eigenvalue weighted by Crippen LogP contribution is 2.30. The third-order valence-electron chi connectivity index (χ3n) is 2.17. The van der Waals surface area contributed by atoms with Crippen molar-refractivity contribution in [2.75, 3.05) is 0 Å². The maximum atomic E-state index is 11.6. The molecule has 0 heterocycles. The van der Waals surface area contributed by atoms with Gasteiger partial charge in [0.15, 0.2) is 5.78 Å². The fraction of sp³-hybridized carbons (Fsp3) is 0.562. The molecule has 0 atom stereocenters. The Morgan fingerprint density at radius 2 is 1.47 bits per heavy atom. The van der Waals surface area contributed by atoms with Crippen LogP contribution in [0.3, 0.4) is 0 Å².